The van der Waals surface area contributed by atoms with Crippen LogP contribution in [0.5, 0.6) is 0 Å². The molecule has 0 aliphatic heterocycles. The summed E-state index contributed by atoms with van der Waals surface area (Å²) in [4.78, 5) is 28.4. The normalized spacial score (nSPS) is 9.67. The average molecular weight is 340 g/mol. The molecule has 0 spiro atoms. The molecule has 2 N–H and O–H groups in total. The highest BCUT2D eigenvalue weighted by atomic mass is 32.1. The second-order valence-electron chi connectivity index (χ2n) is 4.77. The lowest BCUT2D eigenvalue weighted by Crippen LogP contribution is -2.22. The van der Waals surface area contributed by atoms with Crippen molar-refractivity contribution >= 4 is 41.8 Å². The van der Waals surface area contributed by atoms with E-state index in [4.69, 9.17) is 0 Å². The number of rotatable bonds is 2. The molecule has 0 saturated carbocycles. The maximum atomic E-state index is 12.4. The molecule has 0 bridgehead atoms. The molecule has 3 radical (unpaired) electrons. The Morgan fingerprint density at radius 2 is 1.88 bits per heavy atom. The molecule has 1 aromatic carbocycles. The minimum atomic E-state index is -0.418. The second-order valence-corrected chi connectivity index (χ2v) is 5.55. The van der Waals surface area contributed by atoms with Gasteiger partial charge in [-0.2, -0.15) is 4.37 Å². The fraction of sp³-hybridized carbons (Fsp3) is 0.235. The van der Waals surface area contributed by atoms with E-state index >= 15 is 0 Å². The van der Waals surface area contributed by atoms with Gasteiger partial charge in [0.15, 0.2) is 0 Å². The number of nitrogens with zero attached hydrogens (tertiary/aromatic N) is 1. The number of pyridine rings is 1. The molecule has 3 aromatic rings. The van der Waals surface area contributed by atoms with Crippen molar-refractivity contribution in [3.8, 4) is 0 Å². The van der Waals surface area contributed by atoms with Gasteiger partial charge in [-0.25, -0.2) is 0 Å². The summed E-state index contributed by atoms with van der Waals surface area (Å²) in [5.41, 5.74) is 2.08. The van der Waals surface area contributed by atoms with Crippen LogP contribution in [0.25, 0.3) is 10.2 Å². The average Bonchev–Trinajstić information content (AvgIpc) is 2.94. The molecule has 3 rings (SSSR count). The number of aryl methyl sites for hydroxylation is 2. The first-order chi connectivity index (χ1) is 11.1. The van der Waals surface area contributed by atoms with Crippen molar-refractivity contribution in [3.05, 3.63) is 57.5 Å². The third kappa shape index (κ3) is 3.73. The van der Waals surface area contributed by atoms with E-state index in [-0.39, 0.29) is 19.4 Å². The Morgan fingerprint density at radius 1 is 1.21 bits per heavy atom. The lowest BCUT2D eigenvalue weighted by molar-refractivity contribution is 0.102. The third-order valence-corrected chi connectivity index (χ3v) is 4.19. The largest absolute Gasteiger partial charge is 0.351 e. The van der Waals surface area contributed by atoms with Crippen molar-refractivity contribution in [2.24, 2.45) is 0 Å². The van der Waals surface area contributed by atoms with E-state index in [9.17, 15) is 9.59 Å². The number of anilines is 1. The molecule has 1 amide bonds. The Morgan fingerprint density at radius 3 is 2.54 bits per heavy atom. The topological polar surface area (TPSA) is 74.8 Å². The predicted molar refractivity (Wildman–Crippen MR) is 101 cm³/mol. The molecule has 0 atom stereocenters. The highest BCUT2D eigenvalue weighted by Crippen LogP contribution is 2.18. The molecule has 0 aliphatic carbocycles. The summed E-state index contributed by atoms with van der Waals surface area (Å²) in [6.45, 7) is 7.66. The van der Waals surface area contributed by atoms with Gasteiger partial charge in [0.25, 0.3) is 5.91 Å². The molecule has 0 saturated heterocycles. The summed E-state index contributed by atoms with van der Waals surface area (Å²) in [6.07, 6.45) is 1.44. The lowest BCUT2D eigenvalue weighted by atomic mass is 10.1. The monoisotopic (exact) mass is 340 g/mol. The zero-order chi connectivity index (χ0) is 17.0. The Hall–Kier alpha value is -2.41. The van der Waals surface area contributed by atoms with Crippen LogP contribution in [-0.2, 0) is 0 Å². The summed E-state index contributed by atoms with van der Waals surface area (Å²) < 4.78 is 4.13. The van der Waals surface area contributed by atoms with Crippen molar-refractivity contribution in [3.63, 3.8) is 0 Å². The number of fused-ring (bicyclic) bond motifs is 1. The summed E-state index contributed by atoms with van der Waals surface area (Å²) in [6, 6.07) is 7.43. The number of aromatic nitrogens is 2. The van der Waals surface area contributed by atoms with Crippen LogP contribution in [0.15, 0.2) is 35.3 Å². The number of benzene rings is 1. The molecule has 7 heteroatoms. The van der Waals surface area contributed by atoms with Crippen LogP contribution < -0.4 is 10.7 Å². The smallest absolute Gasteiger partial charge is 0.261 e. The van der Waals surface area contributed by atoms with Crippen molar-refractivity contribution in [2.75, 3.05) is 5.32 Å². The van der Waals surface area contributed by atoms with Crippen molar-refractivity contribution in [1.82, 2.24) is 9.36 Å². The molecule has 0 fully saturated rings. The fourth-order valence-corrected chi connectivity index (χ4v) is 2.91. The first-order valence-electron chi connectivity index (χ1n) is 7.42. The molecule has 24 heavy (non-hydrogen) atoms. The Bertz CT molecular complexity index is 902. The SMILES string of the molecule is CC.Cc1ccccc1NC(=O)c1c[nH]c2snc(C)c2c1=O.[B]. The summed E-state index contributed by atoms with van der Waals surface area (Å²) in [5.74, 6) is -0.418. The van der Waals surface area contributed by atoms with Crippen LogP contribution in [0, 0.1) is 13.8 Å². The minimum absolute atomic E-state index is 0. The predicted octanol–water partition coefficient (Wildman–Crippen LogP) is 3.50. The van der Waals surface area contributed by atoms with Gasteiger partial charge in [-0.15, -0.1) is 0 Å². The van der Waals surface area contributed by atoms with Gasteiger partial charge in [0.2, 0.25) is 5.43 Å². The first-order valence-corrected chi connectivity index (χ1v) is 8.20. The van der Waals surface area contributed by atoms with Gasteiger partial charge in [-0.3, -0.25) is 9.59 Å². The van der Waals surface area contributed by atoms with Gasteiger partial charge in [0.05, 0.1) is 11.1 Å². The lowest BCUT2D eigenvalue weighted by Gasteiger charge is -2.07. The van der Waals surface area contributed by atoms with E-state index in [0.29, 0.717) is 21.6 Å². The van der Waals surface area contributed by atoms with Crippen LogP contribution in [0.2, 0.25) is 0 Å². The molecule has 0 aliphatic rings. The van der Waals surface area contributed by atoms with Crippen LogP contribution in [0.4, 0.5) is 5.69 Å². The van der Waals surface area contributed by atoms with E-state index in [1.54, 1.807) is 13.0 Å². The maximum absolute atomic E-state index is 12.4. The fourth-order valence-electron chi connectivity index (χ4n) is 2.15. The van der Waals surface area contributed by atoms with Crippen molar-refractivity contribution in [2.45, 2.75) is 27.7 Å². The minimum Gasteiger partial charge on any atom is -0.351 e. The summed E-state index contributed by atoms with van der Waals surface area (Å²) in [5, 5.41) is 3.25. The van der Waals surface area contributed by atoms with Crippen LogP contribution in [0.3, 0.4) is 0 Å². The van der Waals surface area contributed by atoms with E-state index in [2.05, 4.69) is 14.7 Å². The van der Waals surface area contributed by atoms with Gasteiger partial charge in [0.1, 0.15) is 10.4 Å². The van der Waals surface area contributed by atoms with E-state index < -0.39 is 5.91 Å². The van der Waals surface area contributed by atoms with Gasteiger partial charge < -0.3 is 10.3 Å². The molecule has 2 heterocycles. The van der Waals surface area contributed by atoms with Gasteiger partial charge in [-0.05, 0) is 37.0 Å². The first kappa shape index (κ1) is 19.6. The van der Waals surface area contributed by atoms with Gasteiger partial charge in [-0.1, -0.05) is 32.0 Å². The highest BCUT2D eigenvalue weighted by molar-refractivity contribution is 7.12. The van der Waals surface area contributed by atoms with Crippen LogP contribution >= 0.6 is 11.5 Å². The van der Waals surface area contributed by atoms with E-state index in [1.807, 2.05) is 39.0 Å². The number of hydrogen-bond donors (Lipinski definition) is 2. The number of amides is 1. The van der Waals surface area contributed by atoms with E-state index in [0.717, 1.165) is 5.56 Å². The van der Waals surface area contributed by atoms with E-state index in [1.165, 1.54) is 17.7 Å². The van der Waals surface area contributed by atoms with Crippen LogP contribution in [0.1, 0.15) is 35.5 Å². The number of carbonyl (C=O) groups is 1. The number of hydrogen-bond acceptors (Lipinski definition) is 4. The Labute approximate surface area is 146 Å². The Kier molecular flexibility index (Phi) is 6.91. The highest BCUT2D eigenvalue weighted by Gasteiger charge is 2.16. The zero-order valence-corrected chi connectivity index (χ0v) is 15.0. The zero-order valence-electron chi connectivity index (χ0n) is 14.1. The Balaban J connectivity index is 0.000000925. The molecule has 5 nitrogen and oxygen atoms in total. The molecular formula is C17H19BN3O2S. The quantitative estimate of drug-likeness (QED) is 0.701. The van der Waals surface area contributed by atoms with Gasteiger partial charge in [0, 0.05) is 20.3 Å². The molecule has 123 valence electrons. The third-order valence-electron chi connectivity index (χ3n) is 3.32. The number of H-pyrrole nitrogens is 1. The second kappa shape index (κ2) is 8.45. The molecular weight excluding hydrogens is 321 g/mol. The van der Waals surface area contributed by atoms with Gasteiger partial charge >= 0.3 is 0 Å². The summed E-state index contributed by atoms with van der Waals surface area (Å²) in [7, 11) is 0. The summed E-state index contributed by atoms with van der Waals surface area (Å²) >= 11 is 1.22. The van der Waals surface area contributed by atoms with Crippen molar-refractivity contribution < 1.29 is 4.79 Å². The number of carbonyl (C=O) groups excluding carboxylic acids is 1. The number of para-hydroxylation sites is 1. The molecule has 2 aromatic heterocycles. The maximum Gasteiger partial charge on any atom is 0.261 e. The number of aromatic amines is 1. The van der Waals surface area contributed by atoms with Crippen molar-refractivity contribution in [1.29, 1.82) is 0 Å². The molecule has 0 unspecified atom stereocenters. The van der Waals surface area contributed by atoms with Crippen LogP contribution in [-0.4, -0.2) is 23.7 Å². The number of nitrogens with one attached hydrogen (secondary N) is 2. The standard InChI is InChI=1S/C15H13N3O2S.C2H6.B/c1-8-5-3-4-6-11(8)17-14(20)10-7-16-15-12(13(10)19)9(2)18-21-15;1-2;/h3-7H,1-2H3,(H,16,19)(H,17,20);1-2H3;.